The molecule has 0 bridgehead atoms. The molecule has 0 aromatic heterocycles. The summed E-state index contributed by atoms with van der Waals surface area (Å²) >= 11 is 17.9. The maximum atomic E-state index is 11.1. The van der Waals surface area contributed by atoms with Crippen molar-refractivity contribution in [2.24, 2.45) is 0 Å². The molecule has 1 aromatic rings. The molecular weight excluding hydrogens is 294 g/mol. The van der Waals surface area contributed by atoms with Gasteiger partial charge in [0.25, 0.3) is 0 Å². The molecule has 0 spiro atoms. The van der Waals surface area contributed by atoms with Crippen LogP contribution in [0.3, 0.4) is 0 Å². The Labute approximate surface area is 121 Å². The monoisotopic (exact) mass is 304 g/mol. The number of methoxy groups -OCH3 is 1. The van der Waals surface area contributed by atoms with E-state index in [4.69, 9.17) is 34.8 Å². The molecular formula is C13H11Cl3O2. The van der Waals surface area contributed by atoms with Crippen LogP contribution in [0.4, 0.5) is 0 Å². The van der Waals surface area contributed by atoms with Gasteiger partial charge in [0.2, 0.25) is 0 Å². The lowest BCUT2D eigenvalue weighted by atomic mass is 10.1. The molecule has 1 aromatic carbocycles. The van der Waals surface area contributed by atoms with Gasteiger partial charge in [0, 0.05) is 21.2 Å². The number of allylic oxidation sites excluding steroid dienone is 2. The van der Waals surface area contributed by atoms with Gasteiger partial charge in [-0.1, -0.05) is 40.9 Å². The summed E-state index contributed by atoms with van der Waals surface area (Å²) in [5.74, 6) is -0.457. The van der Waals surface area contributed by atoms with Crippen molar-refractivity contribution in [2.45, 2.75) is 6.92 Å². The number of ether oxygens (including phenoxy) is 1. The van der Waals surface area contributed by atoms with Gasteiger partial charge in [-0.05, 0) is 36.3 Å². The predicted octanol–water partition coefficient (Wildman–Crippen LogP) is 4.69. The normalized spacial score (nSPS) is 12.5. The summed E-state index contributed by atoms with van der Waals surface area (Å²) in [5.41, 5.74) is 1.32. The zero-order valence-corrected chi connectivity index (χ0v) is 12.1. The second kappa shape index (κ2) is 6.83. The largest absolute Gasteiger partial charge is 0.466 e. The van der Waals surface area contributed by atoms with Gasteiger partial charge in [0.15, 0.2) is 0 Å². The van der Waals surface area contributed by atoms with Crippen molar-refractivity contribution in [1.29, 1.82) is 0 Å². The quantitative estimate of drug-likeness (QED) is 0.460. The number of hydrogen-bond acceptors (Lipinski definition) is 2. The Kier molecular flexibility index (Phi) is 5.73. The van der Waals surface area contributed by atoms with Gasteiger partial charge >= 0.3 is 5.97 Å². The average molecular weight is 306 g/mol. The maximum absolute atomic E-state index is 11.1. The lowest BCUT2D eigenvalue weighted by Crippen LogP contribution is -1.96. The molecule has 1 rings (SSSR count). The standard InChI is InChI=1S/C13H11Cl3O2/c1-8(5-13(17)18-2)11(15)6-9-3-4-10(14)7-12(9)16/h3-7H,1-2H3. The van der Waals surface area contributed by atoms with Crippen LogP contribution in [-0.2, 0) is 9.53 Å². The summed E-state index contributed by atoms with van der Waals surface area (Å²) in [5, 5.41) is 1.45. The lowest BCUT2D eigenvalue weighted by Gasteiger charge is -2.02. The van der Waals surface area contributed by atoms with Crippen LogP contribution in [0.1, 0.15) is 12.5 Å². The summed E-state index contributed by atoms with van der Waals surface area (Å²) in [6, 6.07) is 5.08. The number of benzene rings is 1. The van der Waals surface area contributed by atoms with Crippen molar-refractivity contribution < 1.29 is 9.53 Å². The Morgan fingerprint density at radius 1 is 1.33 bits per heavy atom. The van der Waals surface area contributed by atoms with Gasteiger partial charge in [-0.3, -0.25) is 0 Å². The highest BCUT2D eigenvalue weighted by Crippen LogP contribution is 2.26. The van der Waals surface area contributed by atoms with E-state index in [9.17, 15) is 4.79 Å². The topological polar surface area (TPSA) is 26.3 Å². The lowest BCUT2D eigenvalue weighted by molar-refractivity contribution is -0.134. The minimum atomic E-state index is -0.457. The first-order valence-electron chi connectivity index (χ1n) is 5.03. The first-order chi connectivity index (χ1) is 8.43. The smallest absolute Gasteiger partial charge is 0.330 e. The average Bonchev–Trinajstić information content (AvgIpc) is 2.32. The van der Waals surface area contributed by atoms with Gasteiger partial charge in [0.1, 0.15) is 0 Å². The number of esters is 1. The molecule has 2 nitrogen and oxygen atoms in total. The van der Waals surface area contributed by atoms with Crippen LogP contribution in [0.5, 0.6) is 0 Å². The molecule has 0 atom stereocenters. The third kappa shape index (κ3) is 4.37. The number of carbonyl (C=O) groups is 1. The highest BCUT2D eigenvalue weighted by molar-refractivity contribution is 6.37. The number of hydrogen-bond donors (Lipinski definition) is 0. The van der Waals surface area contributed by atoms with Crippen molar-refractivity contribution in [3.63, 3.8) is 0 Å². The molecule has 0 aliphatic rings. The molecule has 0 saturated carbocycles. The molecule has 0 aliphatic carbocycles. The minimum Gasteiger partial charge on any atom is -0.466 e. The first-order valence-corrected chi connectivity index (χ1v) is 6.16. The fourth-order valence-electron chi connectivity index (χ4n) is 1.17. The van der Waals surface area contributed by atoms with Gasteiger partial charge in [-0.2, -0.15) is 0 Å². The zero-order chi connectivity index (χ0) is 13.7. The predicted molar refractivity (Wildman–Crippen MR) is 76.1 cm³/mol. The SMILES string of the molecule is COC(=O)C=C(C)C(Cl)=Cc1ccc(Cl)cc1Cl. The molecule has 0 unspecified atom stereocenters. The van der Waals surface area contributed by atoms with Gasteiger partial charge in [-0.15, -0.1) is 0 Å². The molecule has 0 N–H and O–H groups in total. The Bertz CT molecular complexity index is 519. The third-order valence-electron chi connectivity index (χ3n) is 2.16. The molecule has 0 aliphatic heterocycles. The van der Waals surface area contributed by atoms with Crippen molar-refractivity contribution in [3.05, 3.63) is 50.5 Å². The van der Waals surface area contributed by atoms with Crippen molar-refractivity contribution in [3.8, 4) is 0 Å². The third-order valence-corrected chi connectivity index (χ3v) is 3.13. The maximum Gasteiger partial charge on any atom is 0.330 e. The van der Waals surface area contributed by atoms with Crippen LogP contribution < -0.4 is 0 Å². The second-order valence-corrected chi connectivity index (χ2v) is 4.76. The zero-order valence-electron chi connectivity index (χ0n) is 9.84. The van der Waals surface area contributed by atoms with E-state index in [-0.39, 0.29) is 0 Å². The van der Waals surface area contributed by atoms with E-state index >= 15 is 0 Å². The molecule has 5 heteroatoms. The number of rotatable bonds is 3. The van der Waals surface area contributed by atoms with Gasteiger partial charge < -0.3 is 4.74 Å². The van der Waals surface area contributed by atoms with E-state index in [2.05, 4.69) is 4.74 Å². The van der Waals surface area contributed by atoms with E-state index in [0.717, 1.165) is 5.56 Å². The van der Waals surface area contributed by atoms with Crippen molar-refractivity contribution in [1.82, 2.24) is 0 Å². The highest BCUT2D eigenvalue weighted by atomic mass is 35.5. The Hall–Kier alpha value is -0.960. The van der Waals surface area contributed by atoms with E-state index < -0.39 is 5.97 Å². The molecule has 0 radical (unpaired) electrons. The molecule has 0 fully saturated rings. The van der Waals surface area contributed by atoms with Crippen LogP contribution in [0.25, 0.3) is 6.08 Å². The van der Waals surface area contributed by atoms with Crippen molar-refractivity contribution in [2.75, 3.05) is 7.11 Å². The fraction of sp³-hybridized carbons (Fsp3) is 0.154. The summed E-state index contributed by atoms with van der Waals surface area (Å²) in [6.07, 6.45) is 2.97. The highest BCUT2D eigenvalue weighted by Gasteiger charge is 2.03. The van der Waals surface area contributed by atoms with Gasteiger partial charge in [0.05, 0.1) is 7.11 Å². The summed E-state index contributed by atoms with van der Waals surface area (Å²) in [7, 11) is 1.31. The number of carbonyl (C=O) groups excluding carboxylic acids is 1. The molecule has 96 valence electrons. The number of halogens is 3. The van der Waals surface area contributed by atoms with E-state index in [0.29, 0.717) is 20.7 Å². The Morgan fingerprint density at radius 3 is 2.56 bits per heavy atom. The second-order valence-electron chi connectivity index (χ2n) is 3.51. The summed E-state index contributed by atoms with van der Waals surface area (Å²) in [4.78, 5) is 11.1. The Balaban J connectivity index is 3.02. The summed E-state index contributed by atoms with van der Waals surface area (Å²) < 4.78 is 4.52. The minimum absolute atomic E-state index is 0.407. The van der Waals surface area contributed by atoms with E-state index in [1.165, 1.54) is 13.2 Å². The first kappa shape index (κ1) is 15.1. The Morgan fingerprint density at radius 2 is 2.00 bits per heavy atom. The van der Waals surface area contributed by atoms with E-state index in [1.54, 1.807) is 31.2 Å². The van der Waals surface area contributed by atoms with Crippen LogP contribution in [-0.4, -0.2) is 13.1 Å². The molecule has 18 heavy (non-hydrogen) atoms. The van der Waals surface area contributed by atoms with Crippen LogP contribution in [0, 0.1) is 0 Å². The van der Waals surface area contributed by atoms with Crippen LogP contribution in [0.15, 0.2) is 34.9 Å². The van der Waals surface area contributed by atoms with E-state index in [1.807, 2.05) is 0 Å². The molecule has 0 saturated heterocycles. The van der Waals surface area contributed by atoms with Crippen molar-refractivity contribution >= 4 is 46.8 Å². The molecule has 0 heterocycles. The fourth-order valence-corrected chi connectivity index (χ4v) is 1.81. The summed E-state index contributed by atoms with van der Waals surface area (Å²) in [6.45, 7) is 1.71. The molecule has 0 amide bonds. The van der Waals surface area contributed by atoms with Crippen LogP contribution in [0.2, 0.25) is 10.0 Å². The van der Waals surface area contributed by atoms with Crippen LogP contribution >= 0.6 is 34.8 Å². The van der Waals surface area contributed by atoms with Gasteiger partial charge in [-0.25, -0.2) is 4.79 Å².